The summed E-state index contributed by atoms with van der Waals surface area (Å²) in [6, 6.07) is 9.67. The number of anilines is 1. The SMILES string of the molecule is C[C@@H](Oc1ccc2[nH]nc(-c3ccc(N4CC5(C4)CN(S(=O)(=O)C4CCN(C(=O)CCCNC(=O)OC(C)(C)C)CC4)C5)nc3)c2c1)c1c(Cl)cncc1Cl. The Balaban J connectivity index is 0.872. The van der Waals surface area contributed by atoms with E-state index < -0.39 is 33.1 Å². The van der Waals surface area contributed by atoms with Crippen LogP contribution in [0.4, 0.5) is 10.6 Å². The Morgan fingerprint density at radius 2 is 1.75 bits per heavy atom. The van der Waals surface area contributed by atoms with E-state index in [-0.39, 0.29) is 17.7 Å². The number of likely N-dealkylation sites (tertiary alicyclic amines) is 1. The minimum absolute atomic E-state index is 0.0259. The van der Waals surface area contributed by atoms with Gasteiger partial charge in [-0.2, -0.15) is 5.10 Å². The second-order valence-electron chi connectivity index (χ2n) is 15.7. The van der Waals surface area contributed by atoms with Crippen LogP contribution in [0.1, 0.15) is 65.0 Å². The zero-order valence-electron chi connectivity index (χ0n) is 31.3. The fourth-order valence-electron chi connectivity index (χ4n) is 7.60. The molecule has 2 N–H and O–H groups in total. The van der Waals surface area contributed by atoms with E-state index in [9.17, 15) is 18.0 Å². The Labute approximate surface area is 330 Å². The molecule has 1 aromatic carbocycles. The van der Waals surface area contributed by atoms with Crippen LogP contribution in [-0.2, 0) is 19.6 Å². The molecule has 14 nitrogen and oxygen atoms in total. The molecule has 4 aromatic rings. The molecule has 17 heteroatoms. The molecule has 55 heavy (non-hydrogen) atoms. The predicted molar refractivity (Wildman–Crippen MR) is 211 cm³/mol. The van der Waals surface area contributed by atoms with Gasteiger partial charge in [-0.15, -0.1) is 0 Å². The standard InChI is InChI=1S/C38H46Cl2N8O6S/c1-24(34-29(39)18-41-19-30(34)40)53-26-8-9-31-28(16-26)35(45-44-31)25-7-10-32(43-17-25)47-20-38(21-47)22-48(23-38)55(51,52)27-11-14-46(15-12-27)33(49)6-5-13-42-36(50)54-37(2,3)4/h7-10,16-19,24,27H,5-6,11-15,20-23H2,1-4H3,(H,42,50)(H,44,45)/t24-/m1/s1. The Hall–Kier alpha value is -4.18. The number of piperidine rings is 1. The highest BCUT2D eigenvalue weighted by Crippen LogP contribution is 2.44. The van der Waals surface area contributed by atoms with E-state index >= 15 is 0 Å². The number of carbonyl (C=O) groups excluding carboxylic acids is 2. The third kappa shape index (κ3) is 8.49. The molecule has 0 aliphatic carbocycles. The van der Waals surface area contributed by atoms with Crippen LogP contribution in [0, 0.1) is 5.41 Å². The first-order valence-corrected chi connectivity index (χ1v) is 20.8. The number of rotatable bonds is 11. The maximum atomic E-state index is 13.5. The van der Waals surface area contributed by atoms with E-state index in [0.29, 0.717) is 73.3 Å². The van der Waals surface area contributed by atoms with E-state index in [1.165, 1.54) is 0 Å². The average Bonchev–Trinajstić information content (AvgIpc) is 3.51. The summed E-state index contributed by atoms with van der Waals surface area (Å²) < 4.78 is 40.1. The number of hydrogen-bond acceptors (Lipinski definition) is 10. The van der Waals surface area contributed by atoms with Crippen LogP contribution in [-0.4, -0.2) is 106 Å². The molecule has 294 valence electrons. The molecule has 3 aromatic heterocycles. The summed E-state index contributed by atoms with van der Waals surface area (Å²) in [4.78, 5) is 37.2. The van der Waals surface area contributed by atoms with Gasteiger partial charge in [0.05, 0.1) is 20.8 Å². The van der Waals surface area contributed by atoms with Crippen LogP contribution in [0.3, 0.4) is 0 Å². The molecule has 1 spiro atoms. The normalized spacial score (nSPS) is 18.1. The zero-order valence-corrected chi connectivity index (χ0v) is 33.7. The number of carbonyl (C=O) groups is 2. The topological polar surface area (TPSA) is 163 Å². The molecule has 7 rings (SSSR count). The number of pyridine rings is 2. The summed E-state index contributed by atoms with van der Waals surface area (Å²) in [6.45, 7) is 10.9. The number of nitrogens with zero attached hydrogens (tertiary/aromatic N) is 6. The van der Waals surface area contributed by atoms with Crippen molar-refractivity contribution in [2.45, 2.75) is 70.3 Å². The Bertz CT molecular complexity index is 2140. The van der Waals surface area contributed by atoms with Crippen molar-refractivity contribution in [1.82, 2.24) is 34.7 Å². The van der Waals surface area contributed by atoms with E-state index in [0.717, 1.165) is 41.1 Å². The first kappa shape index (κ1) is 39.1. The third-order valence-corrected chi connectivity index (χ3v) is 13.3. The van der Waals surface area contributed by atoms with Gasteiger partial charge < -0.3 is 24.6 Å². The van der Waals surface area contributed by atoms with Gasteiger partial charge >= 0.3 is 6.09 Å². The first-order chi connectivity index (χ1) is 26.1. The van der Waals surface area contributed by atoms with Crippen molar-refractivity contribution in [3.63, 3.8) is 0 Å². The van der Waals surface area contributed by atoms with Crippen molar-refractivity contribution in [2.24, 2.45) is 5.41 Å². The molecule has 0 saturated carbocycles. The molecular formula is C38H46Cl2N8O6S. The number of ether oxygens (including phenoxy) is 2. The number of fused-ring (bicyclic) bond motifs is 1. The molecule has 0 bridgehead atoms. The quantitative estimate of drug-likeness (QED) is 0.167. The maximum Gasteiger partial charge on any atom is 0.407 e. The lowest BCUT2D eigenvalue weighted by Gasteiger charge is -2.60. The van der Waals surface area contributed by atoms with E-state index in [1.807, 2.05) is 37.3 Å². The summed E-state index contributed by atoms with van der Waals surface area (Å²) in [6.07, 6.45) is 5.59. The van der Waals surface area contributed by atoms with Gasteiger partial charge in [0.2, 0.25) is 15.9 Å². The highest BCUT2D eigenvalue weighted by Gasteiger charge is 2.56. The first-order valence-electron chi connectivity index (χ1n) is 18.5. The second-order valence-corrected chi connectivity index (χ2v) is 18.8. The van der Waals surface area contributed by atoms with Gasteiger partial charge in [0, 0.05) is 92.8 Å². The van der Waals surface area contributed by atoms with E-state index in [4.69, 9.17) is 37.7 Å². The molecule has 0 unspecified atom stereocenters. The van der Waals surface area contributed by atoms with E-state index in [2.05, 4.69) is 25.4 Å². The monoisotopic (exact) mass is 812 g/mol. The van der Waals surface area contributed by atoms with Crippen LogP contribution in [0.5, 0.6) is 5.75 Å². The van der Waals surface area contributed by atoms with Crippen molar-refractivity contribution < 1.29 is 27.5 Å². The minimum atomic E-state index is -3.46. The fraction of sp³-hybridized carbons (Fsp3) is 0.500. The second kappa shape index (κ2) is 15.4. The van der Waals surface area contributed by atoms with Gasteiger partial charge in [0.15, 0.2) is 0 Å². The third-order valence-electron chi connectivity index (χ3n) is 10.4. The number of aromatic amines is 1. The molecular weight excluding hydrogens is 767 g/mol. The average molecular weight is 814 g/mol. The summed E-state index contributed by atoms with van der Waals surface area (Å²) >= 11 is 12.7. The van der Waals surface area contributed by atoms with Crippen LogP contribution < -0.4 is 15.0 Å². The highest BCUT2D eigenvalue weighted by molar-refractivity contribution is 7.89. The smallest absolute Gasteiger partial charge is 0.407 e. The minimum Gasteiger partial charge on any atom is -0.486 e. The van der Waals surface area contributed by atoms with Crippen LogP contribution >= 0.6 is 23.2 Å². The van der Waals surface area contributed by atoms with Gasteiger partial charge in [-0.1, -0.05) is 23.2 Å². The van der Waals surface area contributed by atoms with Gasteiger partial charge in [0.25, 0.3) is 0 Å². The maximum absolute atomic E-state index is 13.5. The van der Waals surface area contributed by atoms with Gasteiger partial charge in [0.1, 0.15) is 29.0 Å². The summed E-state index contributed by atoms with van der Waals surface area (Å²) in [7, 11) is -3.46. The molecule has 3 aliphatic heterocycles. The molecule has 3 fully saturated rings. The number of halogens is 2. The largest absolute Gasteiger partial charge is 0.486 e. The summed E-state index contributed by atoms with van der Waals surface area (Å²) in [5.74, 6) is 1.44. The van der Waals surface area contributed by atoms with Gasteiger partial charge in [-0.3, -0.25) is 14.9 Å². The highest BCUT2D eigenvalue weighted by atomic mass is 35.5. The zero-order chi connectivity index (χ0) is 39.1. The summed E-state index contributed by atoms with van der Waals surface area (Å²) in [5, 5.41) is 11.6. The van der Waals surface area contributed by atoms with Crippen LogP contribution in [0.2, 0.25) is 10.0 Å². The molecule has 2 amide bonds. The van der Waals surface area contributed by atoms with Crippen molar-refractivity contribution in [2.75, 3.05) is 50.7 Å². The predicted octanol–water partition coefficient (Wildman–Crippen LogP) is 6.21. The molecule has 1 atom stereocenters. The van der Waals surface area contributed by atoms with Crippen molar-refractivity contribution >= 4 is 61.9 Å². The van der Waals surface area contributed by atoms with Gasteiger partial charge in [-0.25, -0.2) is 22.5 Å². The number of benzene rings is 1. The Morgan fingerprint density at radius 1 is 1.04 bits per heavy atom. The van der Waals surface area contributed by atoms with Gasteiger partial charge in [-0.05, 0) is 77.3 Å². The number of nitrogens with one attached hydrogen (secondary N) is 2. The number of sulfonamides is 1. The number of hydrogen-bond donors (Lipinski definition) is 2. The lowest BCUT2D eigenvalue weighted by Crippen LogP contribution is -2.73. The van der Waals surface area contributed by atoms with Crippen molar-refractivity contribution in [3.8, 4) is 17.0 Å². The van der Waals surface area contributed by atoms with Crippen LogP contribution in [0.15, 0.2) is 48.9 Å². The number of H-pyrrole nitrogens is 1. The number of alkyl carbamates (subject to hydrolysis) is 1. The van der Waals surface area contributed by atoms with Crippen molar-refractivity contribution in [3.05, 3.63) is 64.5 Å². The van der Waals surface area contributed by atoms with Crippen LogP contribution in [0.25, 0.3) is 22.2 Å². The molecule has 6 heterocycles. The van der Waals surface area contributed by atoms with E-state index in [1.54, 1.807) is 48.6 Å². The Kier molecular flexibility index (Phi) is 10.9. The lowest BCUT2D eigenvalue weighted by molar-refractivity contribution is -0.132. The lowest BCUT2D eigenvalue weighted by atomic mass is 9.74. The molecule has 3 saturated heterocycles. The summed E-state index contributed by atoms with van der Waals surface area (Å²) in [5.41, 5.74) is 2.46. The van der Waals surface area contributed by atoms with Crippen molar-refractivity contribution in [1.29, 1.82) is 0 Å². The fourth-order valence-corrected chi connectivity index (χ4v) is 10.4. The number of aromatic nitrogens is 4. The Morgan fingerprint density at radius 3 is 2.40 bits per heavy atom. The molecule has 3 aliphatic rings. The number of amides is 2. The molecule has 0 radical (unpaired) electrons.